The van der Waals surface area contributed by atoms with E-state index in [2.05, 4.69) is 4.98 Å². The lowest BCUT2D eigenvalue weighted by molar-refractivity contribution is 0.0768. The summed E-state index contributed by atoms with van der Waals surface area (Å²) in [5.74, 6) is 0.0299. The third-order valence-electron chi connectivity index (χ3n) is 2.87. The van der Waals surface area contributed by atoms with E-state index in [1.54, 1.807) is 4.90 Å². The molecule has 17 heavy (non-hydrogen) atoms. The van der Waals surface area contributed by atoms with Crippen LogP contribution in [0.3, 0.4) is 0 Å². The average Bonchev–Trinajstić information content (AvgIpc) is 2.73. The Kier molecular flexibility index (Phi) is 3.38. The number of carbonyl (C=O) groups excluding carboxylic acids is 1. The number of H-pyrrole nitrogens is 1. The lowest BCUT2D eigenvalue weighted by Gasteiger charge is -2.17. The number of nitrogens with one attached hydrogen (secondary N) is 1. The number of carbonyl (C=O) groups is 1. The zero-order chi connectivity index (χ0) is 12.4. The molecule has 2 aromatic rings. The van der Waals surface area contributed by atoms with E-state index in [9.17, 15) is 4.79 Å². The van der Waals surface area contributed by atoms with Gasteiger partial charge in [-0.2, -0.15) is 0 Å². The van der Waals surface area contributed by atoms with Crippen molar-refractivity contribution in [3.63, 3.8) is 0 Å². The molecule has 0 radical (unpaired) electrons. The second-order valence-electron chi connectivity index (χ2n) is 3.89. The Balaban J connectivity index is 2.39. The molecule has 1 heterocycles. The van der Waals surface area contributed by atoms with Crippen LogP contribution in [-0.2, 0) is 0 Å². The van der Waals surface area contributed by atoms with Gasteiger partial charge in [0, 0.05) is 29.0 Å². The van der Waals surface area contributed by atoms with Crippen LogP contribution in [0.15, 0.2) is 24.3 Å². The topological polar surface area (TPSA) is 36.1 Å². The highest BCUT2D eigenvalue weighted by Crippen LogP contribution is 2.20. The van der Waals surface area contributed by atoms with Crippen LogP contribution >= 0.6 is 11.6 Å². The second-order valence-corrected chi connectivity index (χ2v) is 4.33. The predicted molar refractivity (Wildman–Crippen MR) is 70.6 cm³/mol. The van der Waals surface area contributed by atoms with Crippen molar-refractivity contribution in [1.82, 2.24) is 9.88 Å². The van der Waals surface area contributed by atoms with Gasteiger partial charge in [-0.1, -0.05) is 17.7 Å². The van der Waals surface area contributed by atoms with E-state index in [0.717, 1.165) is 10.9 Å². The van der Waals surface area contributed by atoms with Crippen molar-refractivity contribution >= 4 is 28.4 Å². The Labute approximate surface area is 105 Å². The molecule has 0 aliphatic carbocycles. The highest BCUT2D eigenvalue weighted by molar-refractivity contribution is 6.31. The summed E-state index contributed by atoms with van der Waals surface area (Å²) < 4.78 is 0. The molecule has 2 rings (SSSR count). The van der Waals surface area contributed by atoms with Gasteiger partial charge in [-0.15, -0.1) is 0 Å². The van der Waals surface area contributed by atoms with Crippen molar-refractivity contribution in [1.29, 1.82) is 0 Å². The first kappa shape index (κ1) is 12.0. The Morgan fingerprint density at radius 2 is 2.00 bits per heavy atom. The summed E-state index contributed by atoms with van der Waals surface area (Å²) in [7, 11) is 0. The molecule has 0 fully saturated rings. The molecule has 1 aromatic carbocycles. The maximum atomic E-state index is 12.1. The quantitative estimate of drug-likeness (QED) is 0.892. The van der Waals surface area contributed by atoms with Crippen LogP contribution in [0.1, 0.15) is 24.3 Å². The van der Waals surface area contributed by atoms with Gasteiger partial charge in [0.15, 0.2) is 0 Å². The molecule has 0 aliphatic rings. The molecule has 90 valence electrons. The molecule has 1 amide bonds. The fourth-order valence-corrected chi connectivity index (χ4v) is 2.07. The molecule has 3 nitrogen and oxygen atoms in total. The number of benzene rings is 1. The molecule has 0 saturated carbocycles. The minimum Gasteiger partial charge on any atom is -0.350 e. The fourth-order valence-electron chi connectivity index (χ4n) is 1.90. The summed E-state index contributed by atoms with van der Waals surface area (Å²) >= 11 is 5.91. The standard InChI is InChI=1S/C13H15ClN2O/c1-3-16(4-2)13(17)12-7-9-5-6-10(14)8-11(9)15-12/h5-8,15H,3-4H2,1-2H3. The van der Waals surface area contributed by atoms with Crippen molar-refractivity contribution < 1.29 is 4.79 Å². The maximum Gasteiger partial charge on any atom is 0.270 e. The van der Waals surface area contributed by atoms with Gasteiger partial charge < -0.3 is 9.88 Å². The van der Waals surface area contributed by atoms with Crippen molar-refractivity contribution in [2.45, 2.75) is 13.8 Å². The summed E-state index contributed by atoms with van der Waals surface area (Å²) in [4.78, 5) is 17.0. The molecule has 0 saturated heterocycles. The third-order valence-corrected chi connectivity index (χ3v) is 3.10. The highest BCUT2D eigenvalue weighted by Gasteiger charge is 2.14. The van der Waals surface area contributed by atoms with Gasteiger partial charge in [0.2, 0.25) is 0 Å². The van der Waals surface area contributed by atoms with Crippen molar-refractivity contribution in [3.05, 3.63) is 35.0 Å². The van der Waals surface area contributed by atoms with E-state index < -0.39 is 0 Å². The molecule has 1 aromatic heterocycles. The number of hydrogen-bond acceptors (Lipinski definition) is 1. The summed E-state index contributed by atoms with van der Waals surface area (Å²) in [6.45, 7) is 5.37. The number of fused-ring (bicyclic) bond motifs is 1. The van der Waals surface area contributed by atoms with E-state index in [0.29, 0.717) is 23.8 Å². The highest BCUT2D eigenvalue weighted by atomic mass is 35.5. The number of nitrogens with zero attached hydrogens (tertiary/aromatic N) is 1. The Bertz CT molecular complexity index is 543. The van der Waals surface area contributed by atoms with Gasteiger partial charge in [-0.3, -0.25) is 4.79 Å². The molecule has 0 aliphatic heterocycles. The minimum atomic E-state index is 0.0299. The first-order valence-corrected chi connectivity index (χ1v) is 6.11. The predicted octanol–water partition coefficient (Wildman–Crippen LogP) is 3.30. The van der Waals surface area contributed by atoms with Crippen LogP contribution in [0.25, 0.3) is 10.9 Å². The van der Waals surface area contributed by atoms with Gasteiger partial charge in [0.05, 0.1) is 0 Å². The smallest absolute Gasteiger partial charge is 0.270 e. The Morgan fingerprint density at radius 3 is 2.65 bits per heavy atom. The fraction of sp³-hybridized carbons (Fsp3) is 0.308. The zero-order valence-electron chi connectivity index (χ0n) is 9.96. The Hall–Kier alpha value is -1.48. The van der Waals surface area contributed by atoms with Crippen LogP contribution in [0.2, 0.25) is 5.02 Å². The number of halogens is 1. The van der Waals surface area contributed by atoms with Crippen LogP contribution < -0.4 is 0 Å². The van der Waals surface area contributed by atoms with E-state index >= 15 is 0 Å². The van der Waals surface area contributed by atoms with Gasteiger partial charge in [0.1, 0.15) is 5.69 Å². The molecule has 4 heteroatoms. The maximum absolute atomic E-state index is 12.1. The minimum absolute atomic E-state index is 0.0299. The van der Waals surface area contributed by atoms with Crippen molar-refractivity contribution in [2.24, 2.45) is 0 Å². The van der Waals surface area contributed by atoms with Crippen LogP contribution in [0.5, 0.6) is 0 Å². The van der Waals surface area contributed by atoms with E-state index in [1.165, 1.54) is 0 Å². The molecule has 0 bridgehead atoms. The lowest BCUT2D eigenvalue weighted by atomic mass is 10.2. The molecule has 0 atom stereocenters. The molecular formula is C13H15ClN2O. The number of amides is 1. The Morgan fingerprint density at radius 1 is 1.29 bits per heavy atom. The number of aromatic amines is 1. The number of aromatic nitrogens is 1. The monoisotopic (exact) mass is 250 g/mol. The van der Waals surface area contributed by atoms with Crippen LogP contribution in [0, 0.1) is 0 Å². The molecule has 1 N–H and O–H groups in total. The number of hydrogen-bond donors (Lipinski definition) is 1. The van der Waals surface area contributed by atoms with Gasteiger partial charge in [0.25, 0.3) is 5.91 Å². The zero-order valence-corrected chi connectivity index (χ0v) is 10.7. The number of rotatable bonds is 3. The molecule has 0 unspecified atom stereocenters. The first-order chi connectivity index (χ1) is 8.15. The summed E-state index contributed by atoms with van der Waals surface area (Å²) in [6.07, 6.45) is 0. The van der Waals surface area contributed by atoms with Gasteiger partial charge in [-0.25, -0.2) is 0 Å². The molecular weight excluding hydrogens is 236 g/mol. The normalized spacial score (nSPS) is 10.8. The van der Waals surface area contributed by atoms with Gasteiger partial charge >= 0.3 is 0 Å². The summed E-state index contributed by atoms with van der Waals surface area (Å²) in [6, 6.07) is 7.43. The summed E-state index contributed by atoms with van der Waals surface area (Å²) in [5, 5.41) is 1.67. The van der Waals surface area contributed by atoms with E-state index in [-0.39, 0.29) is 5.91 Å². The van der Waals surface area contributed by atoms with Gasteiger partial charge in [-0.05, 0) is 32.0 Å². The van der Waals surface area contributed by atoms with E-state index in [1.807, 2.05) is 38.1 Å². The van der Waals surface area contributed by atoms with E-state index in [4.69, 9.17) is 11.6 Å². The van der Waals surface area contributed by atoms with Crippen molar-refractivity contribution in [2.75, 3.05) is 13.1 Å². The largest absolute Gasteiger partial charge is 0.350 e. The second kappa shape index (κ2) is 4.80. The first-order valence-electron chi connectivity index (χ1n) is 5.73. The SMILES string of the molecule is CCN(CC)C(=O)c1cc2ccc(Cl)cc2[nH]1. The molecule has 0 spiro atoms. The van der Waals surface area contributed by atoms with Crippen LogP contribution in [0.4, 0.5) is 0 Å². The van der Waals surface area contributed by atoms with Crippen LogP contribution in [-0.4, -0.2) is 28.9 Å². The lowest BCUT2D eigenvalue weighted by Crippen LogP contribution is -2.30. The van der Waals surface area contributed by atoms with Crippen molar-refractivity contribution in [3.8, 4) is 0 Å². The summed E-state index contributed by atoms with van der Waals surface area (Å²) in [5.41, 5.74) is 1.51. The third kappa shape index (κ3) is 2.29. The average molecular weight is 251 g/mol.